The summed E-state index contributed by atoms with van der Waals surface area (Å²) in [4.78, 5) is 0. The van der Waals surface area contributed by atoms with E-state index in [1.54, 1.807) is 7.11 Å². The van der Waals surface area contributed by atoms with Crippen molar-refractivity contribution in [2.75, 3.05) is 7.11 Å². The Morgan fingerprint density at radius 2 is 2.23 bits per heavy atom. The third kappa shape index (κ3) is 2.49. The third-order valence-electron chi connectivity index (χ3n) is 1.96. The predicted molar refractivity (Wildman–Crippen MR) is 58.3 cm³/mol. The van der Waals surface area contributed by atoms with Crippen molar-refractivity contribution in [3.05, 3.63) is 23.8 Å². The second-order valence-electron chi connectivity index (χ2n) is 3.17. The van der Waals surface area contributed by atoms with E-state index in [0.29, 0.717) is 11.7 Å². The zero-order chi connectivity index (χ0) is 12.3. The summed E-state index contributed by atoms with van der Waals surface area (Å²) in [6.07, 6.45) is 0. The van der Waals surface area contributed by atoms with Crippen LogP contribution in [0, 0.1) is 0 Å². The summed E-state index contributed by atoms with van der Waals surface area (Å²) in [5, 5.41) is 0. The van der Waals surface area contributed by atoms with E-state index in [0.717, 1.165) is 10.0 Å². The first-order valence-electron chi connectivity index (χ1n) is 5.70. The summed E-state index contributed by atoms with van der Waals surface area (Å²) in [5.41, 5.74) is 1.15. The quantitative estimate of drug-likeness (QED) is 0.585. The Hall–Kier alpha value is -0.461. The number of benzene rings is 1. The van der Waals surface area contributed by atoms with Crippen molar-refractivity contribution in [2.24, 2.45) is 0 Å². The molecule has 1 aromatic carbocycles. The summed E-state index contributed by atoms with van der Waals surface area (Å²) in [6, 6.07) is 5.80. The molecule has 0 radical (unpaired) electrons. The van der Waals surface area contributed by atoms with Crippen LogP contribution in [0.4, 0.5) is 0 Å². The minimum atomic E-state index is -1.89. The van der Waals surface area contributed by atoms with Gasteiger partial charge in [-0.25, -0.2) is 0 Å². The molecule has 72 valence electrons. The molecule has 0 aliphatic heterocycles. The molecule has 0 fully saturated rings. The average molecular weight is 244 g/mol. The Bertz CT molecular complexity index is 361. The molecular weight excluding hydrogens is 228 g/mol. The molecule has 13 heavy (non-hydrogen) atoms. The van der Waals surface area contributed by atoms with Gasteiger partial charge in [0, 0.05) is 0 Å². The van der Waals surface area contributed by atoms with E-state index in [1.165, 1.54) is 0 Å². The van der Waals surface area contributed by atoms with Crippen molar-refractivity contribution in [1.82, 2.24) is 0 Å². The van der Waals surface area contributed by atoms with Gasteiger partial charge in [-0.05, 0) is 0 Å². The summed E-state index contributed by atoms with van der Waals surface area (Å²) < 4.78 is 28.0. The Morgan fingerprint density at radius 3 is 2.77 bits per heavy atom. The summed E-state index contributed by atoms with van der Waals surface area (Å²) in [5.74, 6) is -0.812. The molecule has 0 aliphatic rings. The Morgan fingerprint density at radius 1 is 1.46 bits per heavy atom. The van der Waals surface area contributed by atoms with Gasteiger partial charge in [-0.3, -0.25) is 0 Å². The predicted octanol–water partition coefficient (Wildman–Crippen LogP) is 2.20. The maximum atomic E-state index is 7.32. The van der Waals surface area contributed by atoms with Crippen LogP contribution in [0.2, 0.25) is 5.75 Å². The van der Waals surface area contributed by atoms with Crippen LogP contribution in [-0.4, -0.2) is 22.1 Å². The molecule has 2 heteroatoms. The maximum absolute atomic E-state index is 7.32. The Kier molecular flexibility index (Phi) is 2.49. The fraction of sp³-hybridized carbons (Fsp3) is 0.455. The molecule has 0 N–H and O–H groups in total. The van der Waals surface area contributed by atoms with Gasteiger partial charge in [0.15, 0.2) is 0 Å². The van der Waals surface area contributed by atoms with E-state index >= 15 is 0 Å². The third-order valence-corrected chi connectivity index (χ3v) is 3.10. The van der Waals surface area contributed by atoms with Crippen LogP contribution in [0.3, 0.4) is 0 Å². The van der Waals surface area contributed by atoms with Crippen molar-refractivity contribution in [3.8, 4) is 5.75 Å². The fourth-order valence-corrected chi connectivity index (χ4v) is 2.07. The number of hydrogen-bond acceptors (Lipinski definition) is 1. The van der Waals surface area contributed by atoms with E-state index in [2.05, 4.69) is 13.8 Å². The van der Waals surface area contributed by atoms with Crippen LogP contribution < -0.4 is 9.20 Å². The van der Waals surface area contributed by atoms with Gasteiger partial charge in [-0.2, -0.15) is 0 Å². The molecule has 1 rings (SSSR count). The van der Waals surface area contributed by atoms with Gasteiger partial charge >= 0.3 is 90.4 Å². The van der Waals surface area contributed by atoms with E-state index in [-0.39, 0.29) is 0 Å². The molecule has 0 saturated carbocycles. The van der Waals surface area contributed by atoms with Gasteiger partial charge < -0.3 is 0 Å². The molecular formula is C11H16OSe. The zero-order valence-corrected chi connectivity index (χ0v) is 9.84. The van der Waals surface area contributed by atoms with Crippen LogP contribution in [-0.2, 0) is 0 Å². The monoisotopic (exact) mass is 245 g/mol. The first-order valence-corrected chi connectivity index (χ1v) is 5.92. The minimum absolute atomic E-state index is 0.400. The molecule has 0 aliphatic carbocycles. The molecule has 1 nitrogen and oxygen atoms in total. The number of rotatable bonds is 3. The van der Waals surface area contributed by atoms with E-state index in [9.17, 15) is 0 Å². The zero-order valence-electron chi connectivity index (χ0n) is 11.1. The van der Waals surface area contributed by atoms with Gasteiger partial charge in [-0.15, -0.1) is 0 Å². The average Bonchev–Trinajstić information content (AvgIpc) is 2.15. The van der Waals surface area contributed by atoms with Gasteiger partial charge in [0.05, 0.1) is 0 Å². The second-order valence-corrected chi connectivity index (χ2v) is 4.52. The first-order chi connectivity index (χ1) is 7.33. The van der Waals surface area contributed by atoms with Crippen molar-refractivity contribution < 1.29 is 8.85 Å². The van der Waals surface area contributed by atoms with Gasteiger partial charge in [0.25, 0.3) is 0 Å². The van der Waals surface area contributed by atoms with Crippen molar-refractivity contribution in [3.63, 3.8) is 0 Å². The van der Waals surface area contributed by atoms with Crippen molar-refractivity contribution >= 4 is 19.4 Å². The van der Waals surface area contributed by atoms with E-state index < -0.39 is 20.7 Å². The second kappa shape index (κ2) is 4.69. The number of ether oxygens (including phenoxy) is 1. The standard InChI is InChI=1S/C11H16OSe/c1-8(2)9-5-6-10(12-3)11(7-9)13-4/h5-8H,1-4H3/i4+1H3. The summed E-state index contributed by atoms with van der Waals surface area (Å²) in [6.45, 7) is 4.18. The SMILES string of the molecule is [1H][13C]([1H])([1H])[Se]c1cc(C(C)C)ccc1OC. The van der Waals surface area contributed by atoms with Crippen molar-refractivity contribution in [1.29, 1.82) is 0 Å². The molecule has 0 aromatic heterocycles. The summed E-state index contributed by atoms with van der Waals surface area (Å²) >= 11 is -0.552. The molecule has 0 saturated heterocycles. The van der Waals surface area contributed by atoms with Crippen molar-refractivity contribution in [2.45, 2.75) is 25.5 Å². The number of hydrogen-bond donors (Lipinski definition) is 0. The molecule has 0 unspecified atom stereocenters. The van der Waals surface area contributed by atoms with Crippen LogP contribution in [0.1, 0.15) is 29.4 Å². The topological polar surface area (TPSA) is 9.23 Å². The fourth-order valence-electron chi connectivity index (χ4n) is 1.13. The molecule has 1 aromatic rings. The first kappa shape index (κ1) is 6.91. The van der Waals surface area contributed by atoms with E-state index in [4.69, 9.17) is 8.85 Å². The van der Waals surface area contributed by atoms with Crippen LogP contribution in [0.5, 0.6) is 5.75 Å². The molecule has 0 heterocycles. The molecule has 0 spiro atoms. The van der Waals surface area contributed by atoms with Crippen LogP contribution in [0.15, 0.2) is 18.2 Å². The number of methoxy groups -OCH3 is 1. The Labute approximate surface area is 90.9 Å². The van der Waals surface area contributed by atoms with Gasteiger partial charge in [-0.1, -0.05) is 0 Å². The normalized spacial score (nSPS) is 14.9. The van der Waals surface area contributed by atoms with Crippen LogP contribution >= 0.6 is 0 Å². The summed E-state index contributed by atoms with van der Waals surface area (Å²) in [7, 11) is 1.57. The van der Waals surface area contributed by atoms with Gasteiger partial charge in [0.1, 0.15) is 0 Å². The molecule has 0 atom stereocenters. The van der Waals surface area contributed by atoms with Crippen LogP contribution in [0.25, 0.3) is 0 Å². The van der Waals surface area contributed by atoms with Gasteiger partial charge in [0.2, 0.25) is 0 Å². The molecule has 0 bridgehead atoms. The molecule has 0 amide bonds. The van der Waals surface area contributed by atoms with E-state index in [1.807, 2.05) is 18.2 Å². The Balaban J connectivity index is 3.07.